The minimum Gasteiger partial charge on any atom is -0.355 e. The summed E-state index contributed by atoms with van der Waals surface area (Å²) in [4.78, 5) is 13.1. The minimum absolute atomic E-state index is 0.0929. The molecule has 0 saturated carbocycles. The summed E-state index contributed by atoms with van der Waals surface area (Å²) < 4.78 is 0. The molecule has 3 N–H and O–H groups in total. The van der Waals surface area contributed by atoms with Gasteiger partial charge in [-0.1, -0.05) is 6.07 Å². The third kappa shape index (κ3) is 1.23. The molecule has 0 aliphatic rings. The van der Waals surface area contributed by atoms with Gasteiger partial charge in [-0.3, -0.25) is 10.1 Å². The number of nitrogens with two attached hydrogens (primary N) is 1. The van der Waals surface area contributed by atoms with Gasteiger partial charge in [-0.2, -0.15) is 0 Å². The van der Waals surface area contributed by atoms with Crippen LogP contribution in [0.5, 0.6) is 0 Å². The lowest BCUT2D eigenvalue weighted by molar-refractivity contribution is -0.383. The van der Waals surface area contributed by atoms with E-state index in [1.165, 1.54) is 6.20 Å². The summed E-state index contributed by atoms with van der Waals surface area (Å²) in [5.41, 5.74) is 7.20. The number of aromatic nitrogens is 1. The van der Waals surface area contributed by atoms with Gasteiger partial charge in [-0.05, 0) is 17.7 Å². The average Bonchev–Trinajstić information content (AvgIpc) is 2.59. The monoisotopic (exact) mass is 191 g/mol. The fraction of sp³-hybridized carbons (Fsp3) is 0.111. The first-order valence-corrected chi connectivity index (χ1v) is 4.17. The number of aromatic amines is 1. The smallest absolute Gasteiger partial charge is 0.294 e. The second kappa shape index (κ2) is 3.12. The second-order valence-corrected chi connectivity index (χ2v) is 3.02. The van der Waals surface area contributed by atoms with E-state index >= 15 is 0 Å². The van der Waals surface area contributed by atoms with E-state index in [-0.39, 0.29) is 5.69 Å². The van der Waals surface area contributed by atoms with E-state index in [9.17, 15) is 10.1 Å². The molecule has 1 heterocycles. The van der Waals surface area contributed by atoms with Crippen molar-refractivity contribution >= 4 is 16.6 Å². The Balaban J connectivity index is 2.69. The van der Waals surface area contributed by atoms with Crippen LogP contribution in [0.15, 0.2) is 24.4 Å². The Labute approximate surface area is 79.7 Å². The maximum Gasteiger partial charge on any atom is 0.294 e. The molecule has 0 spiro atoms. The van der Waals surface area contributed by atoms with E-state index in [0.717, 1.165) is 11.1 Å². The molecular weight excluding hydrogens is 182 g/mol. The Morgan fingerprint density at radius 3 is 2.93 bits per heavy atom. The zero-order chi connectivity index (χ0) is 10.1. The van der Waals surface area contributed by atoms with Crippen LogP contribution in [0.4, 0.5) is 5.69 Å². The molecule has 5 nitrogen and oxygen atoms in total. The predicted molar refractivity (Wildman–Crippen MR) is 52.8 cm³/mol. The molecule has 0 fully saturated rings. The van der Waals surface area contributed by atoms with Crippen LogP contribution in [0.1, 0.15) is 5.56 Å². The molecule has 0 radical (unpaired) electrons. The molecule has 5 heteroatoms. The number of nitrogens with one attached hydrogen (secondary N) is 1. The summed E-state index contributed by atoms with van der Waals surface area (Å²) >= 11 is 0. The van der Waals surface area contributed by atoms with Crippen molar-refractivity contribution in [2.75, 3.05) is 0 Å². The summed E-state index contributed by atoms with van der Waals surface area (Å²) in [6.45, 7) is 0.387. The van der Waals surface area contributed by atoms with Crippen molar-refractivity contribution in [2.24, 2.45) is 5.73 Å². The molecule has 2 rings (SSSR count). The average molecular weight is 191 g/mol. The lowest BCUT2D eigenvalue weighted by Crippen LogP contribution is -1.95. The van der Waals surface area contributed by atoms with Gasteiger partial charge in [-0.25, -0.2) is 0 Å². The zero-order valence-electron chi connectivity index (χ0n) is 7.36. The number of benzene rings is 1. The molecule has 72 valence electrons. The van der Waals surface area contributed by atoms with Crippen molar-refractivity contribution < 1.29 is 4.92 Å². The van der Waals surface area contributed by atoms with Crippen molar-refractivity contribution in [3.05, 3.63) is 40.1 Å². The van der Waals surface area contributed by atoms with Gasteiger partial charge in [0.1, 0.15) is 0 Å². The van der Waals surface area contributed by atoms with Crippen molar-refractivity contribution in [1.29, 1.82) is 0 Å². The highest BCUT2D eigenvalue weighted by molar-refractivity contribution is 5.89. The summed E-state index contributed by atoms with van der Waals surface area (Å²) in [6.07, 6.45) is 1.39. The van der Waals surface area contributed by atoms with Crippen LogP contribution in [-0.4, -0.2) is 9.91 Å². The van der Waals surface area contributed by atoms with Gasteiger partial charge in [0.15, 0.2) is 0 Å². The maximum atomic E-state index is 10.6. The van der Waals surface area contributed by atoms with Gasteiger partial charge >= 0.3 is 0 Å². The molecule has 14 heavy (non-hydrogen) atoms. The largest absolute Gasteiger partial charge is 0.355 e. The van der Waals surface area contributed by atoms with Crippen LogP contribution in [0.3, 0.4) is 0 Å². The van der Waals surface area contributed by atoms with Gasteiger partial charge in [0.2, 0.25) is 0 Å². The summed E-state index contributed by atoms with van der Waals surface area (Å²) in [5.74, 6) is 0. The van der Waals surface area contributed by atoms with Crippen LogP contribution >= 0.6 is 0 Å². The first-order valence-electron chi connectivity index (χ1n) is 4.17. The lowest BCUT2D eigenvalue weighted by atomic mass is 10.1. The molecular formula is C9H9N3O2. The Kier molecular flexibility index (Phi) is 1.94. The molecule has 0 aliphatic heterocycles. The first kappa shape index (κ1) is 8.71. The Hall–Kier alpha value is -1.88. The number of H-pyrrole nitrogens is 1. The summed E-state index contributed by atoms with van der Waals surface area (Å²) in [5, 5.41) is 11.2. The summed E-state index contributed by atoms with van der Waals surface area (Å²) in [7, 11) is 0. The van der Waals surface area contributed by atoms with Crippen molar-refractivity contribution in [3.8, 4) is 0 Å². The number of hydrogen-bond acceptors (Lipinski definition) is 3. The van der Waals surface area contributed by atoms with Crippen LogP contribution in [0.2, 0.25) is 0 Å². The lowest BCUT2D eigenvalue weighted by Gasteiger charge is -1.95. The van der Waals surface area contributed by atoms with E-state index in [4.69, 9.17) is 5.73 Å². The highest BCUT2D eigenvalue weighted by Crippen LogP contribution is 2.25. The zero-order valence-corrected chi connectivity index (χ0v) is 7.36. The molecule has 0 bridgehead atoms. The standard InChI is InChI=1S/C9H9N3O2/c10-4-6-1-2-8-7(3-6)9(5-11-8)12(13)14/h1-3,5,11H,4,10H2. The first-order chi connectivity index (χ1) is 6.72. The maximum absolute atomic E-state index is 10.6. The van der Waals surface area contributed by atoms with E-state index in [0.29, 0.717) is 11.9 Å². The number of nitro groups is 1. The highest BCUT2D eigenvalue weighted by atomic mass is 16.6. The fourth-order valence-corrected chi connectivity index (χ4v) is 1.43. The highest BCUT2D eigenvalue weighted by Gasteiger charge is 2.13. The predicted octanol–water partition coefficient (Wildman–Crippen LogP) is 1.53. The third-order valence-electron chi connectivity index (χ3n) is 2.16. The van der Waals surface area contributed by atoms with Gasteiger partial charge in [-0.15, -0.1) is 0 Å². The number of nitrogens with zero attached hydrogens (tertiary/aromatic N) is 1. The van der Waals surface area contributed by atoms with Crippen LogP contribution < -0.4 is 5.73 Å². The minimum atomic E-state index is -0.404. The van der Waals surface area contributed by atoms with E-state index in [2.05, 4.69) is 4.98 Å². The van der Waals surface area contributed by atoms with Crippen LogP contribution in [-0.2, 0) is 6.54 Å². The quantitative estimate of drug-likeness (QED) is 0.557. The van der Waals surface area contributed by atoms with Gasteiger partial charge in [0.05, 0.1) is 22.0 Å². The Morgan fingerprint density at radius 2 is 2.29 bits per heavy atom. The molecule has 0 amide bonds. The molecule has 0 unspecified atom stereocenters. The van der Waals surface area contributed by atoms with Crippen molar-refractivity contribution in [1.82, 2.24) is 4.98 Å². The summed E-state index contributed by atoms with van der Waals surface area (Å²) in [6, 6.07) is 5.39. The number of rotatable bonds is 2. The molecule has 0 aliphatic carbocycles. The molecule has 0 atom stereocenters. The van der Waals surface area contributed by atoms with E-state index in [1.54, 1.807) is 12.1 Å². The SMILES string of the molecule is NCc1ccc2[nH]cc([N+](=O)[O-])c2c1. The molecule has 1 aromatic heterocycles. The van der Waals surface area contributed by atoms with E-state index in [1.807, 2.05) is 6.07 Å². The fourth-order valence-electron chi connectivity index (χ4n) is 1.43. The topological polar surface area (TPSA) is 85.0 Å². The van der Waals surface area contributed by atoms with E-state index < -0.39 is 4.92 Å². The van der Waals surface area contributed by atoms with Gasteiger partial charge < -0.3 is 10.7 Å². The van der Waals surface area contributed by atoms with Crippen molar-refractivity contribution in [2.45, 2.75) is 6.54 Å². The molecule has 0 saturated heterocycles. The normalized spacial score (nSPS) is 10.6. The molecule has 1 aromatic carbocycles. The molecule has 2 aromatic rings. The number of hydrogen-bond donors (Lipinski definition) is 2. The second-order valence-electron chi connectivity index (χ2n) is 3.02. The van der Waals surface area contributed by atoms with Crippen LogP contribution in [0, 0.1) is 10.1 Å². The van der Waals surface area contributed by atoms with Gasteiger partial charge in [0, 0.05) is 6.54 Å². The Morgan fingerprint density at radius 1 is 1.50 bits per heavy atom. The third-order valence-corrected chi connectivity index (χ3v) is 2.16. The Bertz CT molecular complexity index is 490. The van der Waals surface area contributed by atoms with Crippen molar-refractivity contribution in [3.63, 3.8) is 0 Å². The van der Waals surface area contributed by atoms with Gasteiger partial charge in [0.25, 0.3) is 5.69 Å². The number of fused-ring (bicyclic) bond motifs is 1. The van der Waals surface area contributed by atoms with Crippen LogP contribution in [0.25, 0.3) is 10.9 Å².